The zero-order valence-electron chi connectivity index (χ0n) is 7.70. The molecule has 0 bridgehead atoms. The van der Waals surface area contributed by atoms with Crippen molar-refractivity contribution in [3.63, 3.8) is 0 Å². The molecular formula is C10H13BO2. The van der Waals surface area contributed by atoms with Crippen LogP contribution in [0.1, 0.15) is 12.5 Å². The predicted molar refractivity (Wildman–Crippen MR) is 53.4 cm³/mol. The summed E-state index contributed by atoms with van der Waals surface area (Å²) in [7, 11) is 5.53. The van der Waals surface area contributed by atoms with Gasteiger partial charge in [0.1, 0.15) is 7.85 Å². The van der Waals surface area contributed by atoms with Gasteiger partial charge in [0.2, 0.25) is 0 Å². The minimum atomic E-state index is -0.576. The fraction of sp³-hybridized carbons (Fsp3) is 0.400. The van der Waals surface area contributed by atoms with Crippen LogP contribution >= 0.6 is 0 Å². The molecule has 0 saturated carbocycles. The topological polar surface area (TPSA) is 40.5 Å². The molecule has 3 heteroatoms. The molecule has 0 spiro atoms. The van der Waals surface area contributed by atoms with Crippen LogP contribution in [0.4, 0.5) is 0 Å². The van der Waals surface area contributed by atoms with Crippen LogP contribution in [-0.2, 0) is 5.41 Å². The molecule has 1 aromatic rings. The first-order chi connectivity index (χ1) is 6.12. The van der Waals surface area contributed by atoms with E-state index in [1.54, 1.807) is 19.1 Å². The number of hydrogen-bond acceptors (Lipinski definition) is 2. The second-order valence-electron chi connectivity index (χ2n) is 3.50. The number of hydrogen-bond donors (Lipinski definition) is 2. The lowest BCUT2D eigenvalue weighted by Gasteiger charge is -2.25. The number of benzene rings is 1. The van der Waals surface area contributed by atoms with E-state index in [0.717, 1.165) is 5.56 Å². The summed E-state index contributed by atoms with van der Waals surface area (Å²) in [6.07, 6.45) is 0. The van der Waals surface area contributed by atoms with Crippen molar-refractivity contribution in [1.29, 1.82) is 0 Å². The van der Waals surface area contributed by atoms with Crippen molar-refractivity contribution < 1.29 is 10.2 Å². The van der Waals surface area contributed by atoms with Crippen LogP contribution in [0.25, 0.3) is 0 Å². The number of aliphatic hydroxyl groups is 2. The van der Waals surface area contributed by atoms with Gasteiger partial charge in [-0.05, 0) is 5.56 Å². The summed E-state index contributed by atoms with van der Waals surface area (Å²) in [6, 6.07) is 7.17. The Kier molecular flexibility index (Phi) is 3.12. The molecule has 0 heterocycles. The molecule has 0 aliphatic heterocycles. The summed E-state index contributed by atoms with van der Waals surface area (Å²) >= 11 is 0. The molecule has 0 atom stereocenters. The minimum Gasteiger partial charge on any atom is -0.395 e. The van der Waals surface area contributed by atoms with E-state index >= 15 is 0 Å². The van der Waals surface area contributed by atoms with Crippen LogP contribution in [0.2, 0.25) is 0 Å². The summed E-state index contributed by atoms with van der Waals surface area (Å²) in [6.45, 7) is 1.65. The van der Waals surface area contributed by atoms with Gasteiger partial charge in [-0.3, -0.25) is 0 Å². The maximum absolute atomic E-state index is 9.12. The Morgan fingerprint density at radius 3 is 2.00 bits per heavy atom. The maximum Gasteiger partial charge on any atom is 0.113 e. The highest BCUT2D eigenvalue weighted by Gasteiger charge is 2.24. The summed E-state index contributed by atoms with van der Waals surface area (Å²) in [5.41, 5.74) is 1.00. The summed E-state index contributed by atoms with van der Waals surface area (Å²) in [4.78, 5) is 0. The number of rotatable bonds is 3. The predicted octanol–water partition coefficient (Wildman–Crippen LogP) is -0.277. The molecule has 0 unspecified atom stereocenters. The lowest BCUT2D eigenvalue weighted by Crippen LogP contribution is -2.31. The Morgan fingerprint density at radius 2 is 1.62 bits per heavy atom. The molecule has 0 aliphatic carbocycles. The summed E-state index contributed by atoms with van der Waals surface area (Å²) < 4.78 is 0. The Hall–Kier alpha value is -0.795. The molecule has 0 fully saturated rings. The monoisotopic (exact) mass is 176 g/mol. The standard InChI is InChI=1S/C10H13BO2/c1-10(6-12,7-13)8-2-4-9(11)5-3-8/h2-5,12-13H,6-7H2,1H3. The molecule has 2 N–H and O–H groups in total. The van der Waals surface area contributed by atoms with Crippen LogP contribution in [0.5, 0.6) is 0 Å². The first kappa shape index (κ1) is 10.3. The zero-order chi connectivity index (χ0) is 9.90. The second kappa shape index (κ2) is 3.94. The van der Waals surface area contributed by atoms with E-state index in [9.17, 15) is 0 Å². The molecule has 0 aromatic heterocycles. The molecule has 1 rings (SSSR count). The second-order valence-corrected chi connectivity index (χ2v) is 3.50. The molecular weight excluding hydrogens is 163 g/mol. The Labute approximate surface area is 79.6 Å². The van der Waals surface area contributed by atoms with E-state index in [2.05, 4.69) is 0 Å². The fourth-order valence-electron chi connectivity index (χ4n) is 1.12. The highest BCUT2D eigenvalue weighted by Crippen LogP contribution is 2.21. The van der Waals surface area contributed by atoms with Gasteiger partial charge in [-0.15, -0.1) is 0 Å². The van der Waals surface area contributed by atoms with Crippen LogP contribution in [-0.4, -0.2) is 31.3 Å². The largest absolute Gasteiger partial charge is 0.395 e. The molecule has 13 heavy (non-hydrogen) atoms. The van der Waals surface area contributed by atoms with Gasteiger partial charge in [-0.1, -0.05) is 36.7 Å². The van der Waals surface area contributed by atoms with E-state index in [4.69, 9.17) is 18.1 Å². The van der Waals surface area contributed by atoms with Crippen molar-refractivity contribution in [3.05, 3.63) is 29.8 Å². The SMILES string of the molecule is [B]c1ccc(C(C)(CO)CO)cc1. The summed E-state index contributed by atoms with van der Waals surface area (Å²) in [5.74, 6) is 0. The van der Waals surface area contributed by atoms with Crippen LogP contribution in [0, 0.1) is 0 Å². The third-order valence-corrected chi connectivity index (χ3v) is 2.31. The van der Waals surface area contributed by atoms with E-state index in [0.29, 0.717) is 5.46 Å². The fourth-order valence-corrected chi connectivity index (χ4v) is 1.12. The zero-order valence-corrected chi connectivity index (χ0v) is 7.70. The highest BCUT2D eigenvalue weighted by molar-refractivity contribution is 6.32. The first-order valence-electron chi connectivity index (χ1n) is 4.20. The third-order valence-electron chi connectivity index (χ3n) is 2.31. The Bertz CT molecular complexity index is 265. The van der Waals surface area contributed by atoms with Gasteiger partial charge < -0.3 is 10.2 Å². The van der Waals surface area contributed by atoms with E-state index in [1.165, 1.54) is 0 Å². The third kappa shape index (κ3) is 2.11. The average molecular weight is 176 g/mol. The molecule has 0 saturated heterocycles. The van der Waals surface area contributed by atoms with Crippen molar-refractivity contribution in [2.75, 3.05) is 13.2 Å². The Balaban J connectivity index is 2.99. The molecule has 68 valence electrons. The first-order valence-corrected chi connectivity index (χ1v) is 4.20. The van der Waals surface area contributed by atoms with Crippen LogP contribution in [0.3, 0.4) is 0 Å². The molecule has 0 amide bonds. The van der Waals surface area contributed by atoms with E-state index in [1.807, 2.05) is 12.1 Å². The molecule has 2 nitrogen and oxygen atoms in total. The van der Waals surface area contributed by atoms with Gasteiger partial charge in [-0.25, -0.2) is 0 Å². The van der Waals surface area contributed by atoms with Gasteiger partial charge in [0.05, 0.1) is 13.2 Å². The van der Waals surface area contributed by atoms with E-state index < -0.39 is 5.41 Å². The molecule has 0 aliphatic rings. The maximum atomic E-state index is 9.12. The minimum absolute atomic E-state index is 0.0760. The van der Waals surface area contributed by atoms with Crippen molar-refractivity contribution >= 4 is 13.3 Å². The van der Waals surface area contributed by atoms with Crippen molar-refractivity contribution in [2.45, 2.75) is 12.3 Å². The summed E-state index contributed by atoms with van der Waals surface area (Å²) in [5, 5.41) is 18.2. The van der Waals surface area contributed by atoms with E-state index in [-0.39, 0.29) is 13.2 Å². The van der Waals surface area contributed by atoms with Gasteiger partial charge in [-0.2, -0.15) is 0 Å². The lowest BCUT2D eigenvalue weighted by atomic mass is 9.82. The van der Waals surface area contributed by atoms with Crippen LogP contribution in [0.15, 0.2) is 24.3 Å². The van der Waals surface area contributed by atoms with Gasteiger partial charge in [0, 0.05) is 5.41 Å². The van der Waals surface area contributed by atoms with Gasteiger partial charge in [0.15, 0.2) is 0 Å². The quantitative estimate of drug-likeness (QED) is 0.622. The Morgan fingerprint density at radius 1 is 1.15 bits per heavy atom. The molecule has 1 aromatic carbocycles. The van der Waals surface area contributed by atoms with Gasteiger partial charge in [0.25, 0.3) is 0 Å². The number of aliphatic hydroxyl groups excluding tert-OH is 2. The van der Waals surface area contributed by atoms with Crippen molar-refractivity contribution in [2.24, 2.45) is 0 Å². The normalized spacial score (nSPS) is 11.6. The van der Waals surface area contributed by atoms with Crippen molar-refractivity contribution in [1.82, 2.24) is 0 Å². The lowest BCUT2D eigenvalue weighted by molar-refractivity contribution is 0.129. The van der Waals surface area contributed by atoms with Crippen LogP contribution < -0.4 is 5.46 Å². The average Bonchev–Trinajstić information content (AvgIpc) is 2.18. The smallest absolute Gasteiger partial charge is 0.113 e. The molecule has 2 radical (unpaired) electrons. The van der Waals surface area contributed by atoms with Crippen molar-refractivity contribution in [3.8, 4) is 0 Å². The van der Waals surface area contributed by atoms with Gasteiger partial charge >= 0.3 is 0 Å². The highest BCUT2D eigenvalue weighted by atomic mass is 16.3.